The highest BCUT2D eigenvalue weighted by atomic mass is 19.1. The smallest absolute Gasteiger partial charge is 0.255 e. The molecule has 1 aromatic rings. The first kappa shape index (κ1) is 13.5. The van der Waals surface area contributed by atoms with E-state index < -0.39 is 11.7 Å². The largest absolute Gasteiger partial charge is 0.494 e. The summed E-state index contributed by atoms with van der Waals surface area (Å²) in [5.74, 6) is 1.20. The Hall–Kier alpha value is -2.53. The van der Waals surface area contributed by atoms with Crippen LogP contribution in [0.1, 0.15) is 10.4 Å². The summed E-state index contributed by atoms with van der Waals surface area (Å²) >= 11 is 0. The molecule has 0 N–H and O–H groups in total. The number of hydrogen-bond acceptors (Lipinski definition) is 3. The minimum atomic E-state index is -0.638. The van der Waals surface area contributed by atoms with Crippen LogP contribution in [0.3, 0.4) is 0 Å². The van der Waals surface area contributed by atoms with E-state index in [1.807, 2.05) is 6.07 Å². The van der Waals surface area contributed by atoms with Gasteiger partial charge in [0.2, 0.25) is 0 Å². The average molecular weight is 246 g/mol. The second-order valence-electron chi connectivity index (χ2n) is 3.37. The predicted octanol–water partition coefficient (Wildman–Crippen LogP) is 1.43. The Kier molecular flexibility index (Phi) is 4.71. The lowest BCUT2D eigenvalue weighted by molar-refractivity contribution is 0.0795. The van der Waals surface area contributed by atoms with E-state index in [9.17, 15) is 9.18 Å². The Bertz CT molecular complexity index is 513. The zero-order valence-corrected chi connectivity index (χ0v) is 9.81. The molecule has 0 bridgehead atoms. The second-order valence-corrected chi connectivity index (χ2v) is 3.37. The Morgan fingerprint density at radius 1 is 1.56 bits per heavy atom. The van der Waals surface area contributed by atoms with Gasteiger partial charge in [0.1, 0.15) is 6.54 Å². The summed E-state index contributed by atoms with van der Waals surface area (Å²) in [6.07, 6.45) is 5.10. The molecule has 0 aliphatic rings. The summed E-state index contributed by atoms with van der Waals surface area (Å²) in [6, 6.07) is 5.66. The molecule has 1 amide bonds. The molecule has 0 saturated carbocycles. The number of nitrogens with zero attached hydrogens (tertiary/aromatic N) is 2. The highest BCUT2D eigenvalue weighted by molar-refractivity contribution is 5.94. The van der Waals surface area contributed by atoms with Crippen molar-refractivity contribution in [3.05, 3.63) is 29.6 Å². The van der Waals surface area contributed by atoms with Crippen molar-refractivity contribution in [2.45, 2.75) is 0 Å². The molecular formula is C13H11FN2O2. The molecule has 0 aliphatic carbocycles. The number of rotatable bonds is 4. The number of halogens is 1. The first-order valence-corrected chi connectivity index (χ1v) is 5.07. The third kappa shape index (κ3) is 2.99. The van der Waals surface area contributed by atoms with Gasteiger partial charge >= 0.3 is 0 Å². The van der Waals surface area contributed by atoms with Crippen LogP contribution in [0.25, 0.3) is 0 Å². The first-order valence-electron chi connectivity index (χ1n) is 5.07. The van der Waals surface area contributed by atoms with Crippen molar-refractivity contribution in [3.8, 4) is 24.2 Å². The maximum Gasteiger partial charge on any atom is 0.255 e. The number of terminal acetylenes is 1. The highest BCUT2D eigenvalue weighted by Gasteiger charge is 2.16. The summed E-state index contributed by atoms with van der Waals surface area (Å²) in [6.45, 7) is -0.142. The van der Waals surface area contributed by atoms with Gasteiger partial charge in [-0.25, -0.2) is 4.39 Å². The minimum absolute atomic E-state index is 0.0000413. The molecule has 0 radical (unpaired) electrons. The van der Waals surface area contributed by atoms with Gasteiger partial charge in [-0.2, -0.15) is 5.26 Å². The molecule has 4 nitrogen and oxygen atoms in total. The summed E-state index contributed by atoms with van der Waals surface area (Å²) < 4.78 is 18.2. The molecule has 0 unspecified atom stereocenters. The van der Waals surface area contributed by atoms with E-state index >= 15 is 0 Å². The molecule has 5 heteroatoms. The van der Waals surface area contributed by atoms with E-state index in [0.717, 1.165) is 11.0 Å². The number of benzene rings is 1. The van der Waals surface area contributed by atoms with Crippen molar-refractivity contribution >= 4 is 5.91 Å². The van der Waals surface area contributed by atoms with Crippen molar-refractivity contribution in [2.75, 3.05) is 20.2 Å². The Morgan fingerprint density at radius 3 is 2.78 bits per heavy atom. The monoisotopic (exact) mass is 246 g/mol. The van der Waals surface area contributed by atoms with Crippen LogP contribution in [0.2, 0.25) is 0 Å². The first-order chi connectivity index (χ1) is 8.63. The molecule has 0 aromatic heterocycles. The predicted molar refractivity (Wildman–Crippen MR) is 63.3 cm³/mol. The lowest BCUT2D eigenvalue weighted by Crippen LogP contribution is -2.31. The van der Waals surface area contributed by atoms with Crippen LogP contribution in [-0.4, -0.2) is 31.0 Å². The van der Waals surface area contributed by atoms with Gasteiger partial charge < -0.3 is 9.64 Å². The molecule has 0 heterocycles. The van der Waals surface area contributed by atoms with Gasteiger partial charge in [-0.05, 0) is 18.2 Å². The number of carbonyl (C=O) groups is 1. The molecule has 0 spiro atoms. The zero-order chi connectivity index (χ0) is 13.5. The maximum absolute atomic E-state index is 13.4. The van der Waals surface area contributed by atoms with Crippen LogP contribution in [-0.2, 0) is 0 Å². The fourth-order valence-corrected chi connectivity index (χ4v) is 1.38. The number of nitriles is 1. The van der Waals surface area contributed by atoms with Gasteiger partial charge in [0.25, 0.3) is 5.91 Å². The zero-order valence-electron chi connectivity index (χ0n) is 9.81. The lowest BCUT2D eigenvalue weighted by Gasteiger charge is -2.16. The van der Waals surface area contributed by atoms with Gasteiger partial charge in [0.15, 0.2) is 11.6 Å². The van der Waals surface area contributed by atoms with Crippen molar-refractivity contribution < 1.29 is 13.9 Å². The standard InChI is InChI=1S/C13H11FN2O2/c1-3-7-16(8-6-15)13(17)10-4-5-12(18-2)11(14)9-10/h1,4-5,9H,7-8H2,2H3. The maximum atomic E-state index is 13.4. The molecule has 0 atom stereocenters. The second kappa shape index (κ2) is 6.27. The highest BCUT2D eigenvalue weighted by Crippen LogP contribution is 2.18. The van der Waals surface area contributed by atoms with E-state index in [1.165, 1.54) is 19.2 Å². The summed E-state index contributed by atoms with van der Waals surface area (Å²) in [5.41, 5.74) is 0.124. The number of ether oxygens (including phenoxy) is 1. The minimum Gasteiger partial charge on any atom is -0.494 e. The van der Waals surface area contributed by atoms with Crippen LogP contribution in [0.5, 0.6) is 5.75 Å². The van der Waals surface area contributed by atoms with Crippen molar-refractivity contribution in [1.82, 2.24) is 4.90 Å². The molecule has 18 heavy (non-hydrogen) atoms. The molecule has 1 aromatic carbocycles. The van der Waals surface area contributed by atoms with E-state index in [0.29, 0.717) is 0 Å². The number of carbonyl (C=O) groups excluding carboxylic acids is 1. The van der Waals surface area contributed by atoms with Crippen molar-refractivity contribution in [2.24, 2.45) is 0 Å². The van der Waals surface area contributed by atoms with Crippen molar-refractivity contribution in [3.63, 3.8) is 0 Å². The summed E-state index contributed by atoms with van der Waals surface area (Å²) in [7, 11) is 1.33. The van der Waals surface area contributed by atoms with Gasteiger partial charge in [-0.3, -0.25) is 4.79 Å². The van der Waals surface area contributed by atoms with Crippen LogP contribution in [0, 0.1) is 29.5 Å². The van der Waals surface area contributed by atoms with Crippen LogP contribution in [0.15, 0.2) is 18.2 Å². The average Bonchev–Trinajstić information content (AvgIpc) is 2.37. The van der Waals surface area contributed by atoms with Gasteiger partial charge in [-0.1, -0.05) is 5.92 Å². The van der Waals surface area contributed by atoms with E-state index in [4.69, 9.17) is 16.4 Å². The van der Waals surface area contributed by atoms with Crippen LogP contribution < -0.4 is 4.74 Å². The Morgan fingerprint density at radius 2 is 2.28 bits per heavy atom. The van der Waals surface area contributed by atoms with Crippen molar-refractivity contribution in [1.29, 1.82) is 5.26 Å². The van der Waals surface area contributed by atoms with Gasteiger partial charge in [0.05, 0.1) is 19.7 Å². The molecular weight excluding hydrogens is 235 g/mol. The van der Waals surface area contributed by atoms with Gasteiger partial charge in [0, 0.05) is 5.56 Å². The molecule has 0 aliphatic heterocycles. The fraction of sp³-hybridized carbons (Fsp3) is 0.231. The number of amides is 1. The van der Waals surface area contributed by atoms with Crippen LogP contribution in [0.4, 0.5) is 4.39 Å². The van der Waals surface area contributed by atoms with E-state index in [1.54, 1.807) is 0 Å². The molecule has 92 valence electrons. The normalized spacial score (nSPS) is 9.11. The van der Waals surface area contributed by atoms with Gasteiger partial charge in [-0.15, -0.1) is 6.42 Å². The van der Waals surface area contributed by atoms with Crippen LogP contribution >= 0.6 is 0 Å². The number of methoxy groups -OCH3 is 1. The molecule has 1 rings (SSSR count). The molecule has 0 fully saturated rings. The SMILES string of the molecule is C#CCN(CC#N)C(=O)c1ccc(OC)c(F)c1. The number of hydrogen-bond donors (Lipinski definition) is 0. The van der Waals surface area contributed by atoms with E-state index in [2.05, 4.69) is 5.92 Å². The topological polar surface area (TPSA) is 53.3 Å². The third-order valence-electron chi connectivity index (χ3n) is 2.23. The third-order valence-corrected chi connectivity index (χ3v) is 2.23. The summed E-state index contributed by atoms with van der Waals surface area (Å²) in [4.78, 5) is 13.1. The lowest BCUT2D eigenvalue weighted by atomic mass is 10.2. The Labute approximate surface area is 105 Å². The fourth-order valence-electron chi connectivity index (χ4n) is 1.38. The summed E-state index contributed by atoms with van der Waals surface area (Å²) in [5, 5.41) is 8.59. The van der Waals surface area contributed by atoms with E-state index in [-0.39, 0.29) is 24.4 Å². The quantitative estimate of drug-likeness (QED) is 0.596. The molecule has 0 saturated heterocycles. The Balaban J connectivity index is 2.99.